The molecule has 1 amide bonds. The Kier molecular flexibility index (Phi) is 5.90. The molecule has 0 bridgehead atoms. The second-order valence-corrected chi connectivity index (χ2v) is 9.25. The molecule has 2 atom stereocenters. The van der Waals surface area contributed by atoms with Crippen molar-refractivity contribution in [3.63, 3.8) is 0 Å². The Morgan fingerprint density at radius 1 is 1.16 bits per heavy atom. The normalized spacial score (nSPS) is 24.7. The number of ether oxygens (including phenoxy) is 1. The Morgan fingerprint density at radius 3 is 2.45 bits per heavy atom. The van der Waals surface area contributed by atoms with E-state index in [2.05, 4.69) is 4.90 Å². The molecule has 0 radical (unpaired) electrons. The Hall–Kier alpha value is -2.64. The number of aryl methyl sites for hydroxylation is 1. The van der Waals surface area contributed by atoms with Crippen LogP contribution >= 0.6 is 0 Å². The van der Waals surface area contributed by atoms with Crippen molar-refractivity contribution >= 4 is 23.3 Å². The van der Waals surface area contributed by atoms with Crippen LogP contribution in [-0.4, -0.2) is 54.5 Å². The molecule has 1 aromatic rings. The van der Waals surface area contributed by atoms with Crippen LogP contribution in [0.15, 0.2) is 18.2 Å². The molecule has 3 fully saturated rings. The zero-order valence-corrected chi connectivity index (χ0v) is 18.3. The van der Waals surface area contributed by atoms with E-state index in [0.29, 0.717) is 32.8 Å². The highest BCUT2D eigenvalue weighted by Gasteiger charge is 2.53. The number of nitrogens with zero attached hydrogens (tertiary/aromatic N) is 3. The molecule has 0 aromatic heterocycles. The molecule has 2 unspecified atom stereocenters. The van der Waals surface area contributed by atoms with Gasteiger partial charge in [-0.15, -0.1) is 0 Å². The third-order valence-electron chi connectivity index (χ3n) is 7.31. The van der Waals surface area contributed by atoms with Gasteiger partial charge in [0.2, 0.25) is 5.91 Å². The number of esters is 1. The molecule has 1 aliphatic heterocycles. The summed E-state index contributed by atoms with van der Waals surface area (Å²) in [5.74, 6) is -0.739. The number of nitro groups is 1. The van der Waals surface area contributed by atoms with Crippen molar-refractivity contribution in [1.29, 1.82) is 0 Å². The van der Waals surface area contributed by atoms with Gasteiger partial charge < -0.3 is 14.5 Å². The monoisotopic (exact) mass is 429 g/mol. The third kappa shape index (κ3) is 4.38. The van der Waals surface area contributed by atoms with Crippen LogP contribution in [0.2, 0.25) is 0 Å². The largest absolute Gasteiger partial charge is 0.466 e. The summed E-state index contributed by atoms with van der Waals surface area (Å²) in [7, 11) is 0. The Bertz CT molecular complexity index is 874. The first-order valence-corrected chi connectivity index (χ1v) is 11.3. The van der Waals surface area contributed by atoms with Gasteiger partial charge in [-0.1, -0.05) is 0 Å². The minimum Gasteiger partial charge on any atom is -0.466 e. The van der Waals surface area contributed by atoms with Gasteiger partial charge in [-0.3, -0.25) is 19.7 Å². The average molecular weight is 430 g/mol. The highest BCUT2D eigenvalue weighted by molar-refractivity contribution is 5.86. The number of hydrogen-bond donors (Lipinski definition) is 0. The minimum absolute atomic E-state index is 0.0871. The van der Waals surface area contributed by atoms with Crippen LogP contribution in [0.1, 0.15) is 44.6 Å². The second-order valence-electron chi connectivity index (χ2n) is 9.25. The first-order valence-electron chi connectivity index (χ1n) is 11.3. The summed E-state index contributed by atoms with van der Waals surface area (Å²) in [6.45, 7) is 6.55. The molecule has 4 rings (SSSR count). The van der Waals surface area contributed by atoms with Crippen LogP contribution in [0.4, 0.5) is 11.4 Å². The second kappa shape index (κ2) is 8.48. The lowest BCUT2D eigenvalue weighted by Crippen LogP contribution is -2.53. The van der Waals surface area contributed by atoms with Gasteiger partial charge in [0.15, 0.2) is 0 Å². The SMILES string of the molecule is CCOC(=O)C1CCC2(CC2)CC1C(=O)N1CCN(c2ccc([N+](=O)[O-])cc2C)CC1. The molecule has 1 heterocycles. The predicted octanol–water partition coefficient (Wildman–Crippen LogP) is 3.31. The number of carbonyl (C=O) groups is 2. The van der Waals surface area contributed by atoms with E-state index in [1.807, 2.05) is 11.8 Å². The highest BCUT2D eigenvalue weighted by Crippen LogP contribution is 2.59. The van der Waals surface area contributed by atoms with Gasteiger partial charge >= 0.3 is 5.97 Å². The van der Waals surface area contributed by atoms with Crippen molar-refractivity contribution in [3.8, 4) is 0 Å². The van der Waals surface area contributed by atoms with Gasteiger partial charge in [0.1, 0.15) is 0 Å². The first kappa shape index (κ1) is 21.6. The fourth-order valence-electron chi connectivity index (χ4n) is 5.31. The van der Waals surface area contributed by atoms with Crippen molar-refractivity contribution in [1.82, 2.24) is 4.90 Å². The van der Waals surface area contributed by atoms with Crippen LogP contribution in [0.5, 0.6) is 0 Å². The molecule has 8 heteroatoms. The summed E-state index contributed by atoms with van der Waals surface area (Å²) in [4.78, 5) is 40.6. The van der Waals surface area contributed by atoms with Crippen molar-refractivity contribution < 1.29 is 19.2 Å². The van der Waals surface area contributed by atoms with Crippen LogP contribution in [0.25, 0.3) is 0 Å². The number of carbonyl (C=O) groups excluding carboxylic acids is 2. The predicted molar refractivity (Wildman–Crippen MR) is 116 cm³/mol. The maximum Gasteiger partial charge on any atom is 0.309 e. The smallest absolute Gasteiger partial charge is 0.309 e. The Labute approximate surface area is 182 Å². The first-order chi connectivity index (χ1) is 14.8. The van der Waals surface area contributed by atoms with Gasteiger partial charge in [-0.25, -0.2) is 0 Å². The van der Waals surface area contributed by atoms with E-state index in [1.165, 1.54) is 18.9 Å². The van der Waals surface area contributed by atoms with E-state index >= 15 is 0 Å². The number of anilines is 1. The zero-order valence-electron chi connectivity index (χ0n) is 18.3. The van der Waals surface area contributed by atoms with Gasteiger partial charge in [0.05, 0.1) is 23.4 Å². The molecule has 1 saturated heterocycles. The lowest BCUT2D eigenvalue weighted by atomic mass is 9.71. The van der Waals surface area contributed by atoms with E-state index in [9.17, 15) is 19.7 Å². The number of amides is 1. The maximum atomic E-state index is 13.4. The topological polar surface area (TPSA) is 93.0 Å². The lowest BCUT2D eigenvalue weighted by Gasteiger charge is -2.41. The van der Waals surface area contributed by atoms with Gasteiger partial charge in [-0.2, -0.15) is 0 Å². The van der Waals surface area contributed by atoms with E-state index in [-0.39, 0.29) is 39.7 Å². The number of rotatable bonds is 5. The summed E-state index contributed by atoms with van der Waals surface area (Å²) in [6, 6.07) is 4.91. The molecule has 0 N–H and O–H groups in total. The molecule has 168 valence electrons. The molecule has 2 aliphatic carbocycles. The molecule has 3 aliphatic rings. The Morgan fingerprint density at radius 2 is 1.87 bits per heavy atom. The minimum atomic E-state index is -0.385. The zero-order chi connectivity index (χ0) is 22.2. The number of nitro benzene ring substituents is 1. The molecular formula is C23H31N3O5. The third-order valence-corrected chi connectivity index (χ3v) is 7.31. The standard InChI is InChI=1S/C23H31N3O5/c1-3-31-22(28)18-6-7-23(8-9-23)15-19(18)21(27)25-12-10-24(11-13-25)20-5-4-17(26(29)30)14-16(20)2/h4-5,14,18-19H,3,6-13,15H2,1-2H3. The number of non-ortho nitro benzene ring substituents is 1. The number of piperazine rings is 1. The molecule has 1 spiro atoms. The summed E-state index contributed by atoms with van der Waals surface area (Å²) < 4.78 is 5.29. The van der Waals surface area contributed by atoms with E-state index < -0.39 is 0 Å². The van der Waals surface area contributed by atoms with E-state index in [4.69, 9.17) is 4.74 Å². The lowest BCUT2D eigenvalue weighted by molar-refractivity contribution is -0.384. The van der Waals surface area contributed by atoms with Crippen molar-refractivity contribution in [2.24, 2.45) is 17.3 Å². The number of hydrogen-bond acceptors (Lipinski definition) is 6. The van der Waals surface area contributed by atoms with Gasteiger partial charge in [-0.05, 0) is 63.0 Å². The maximum absolute atomic E-state index is 13.4. The summed E-state index contributed by atoms with van der Waals surface area (Å²) in [5.41, 5.74) is 2.20. The summed E-state index contributed by atoms with van der Waals surface area (Å²) in [6.07, 6.45) is 4.90. The van der Waals surface area contributed by atoms with Gasteiger partial charge in [0.25, 0.3) is 5.69 Å². The summed E-state index contributed by atoms with van der Waals surface area (Å²) in [5, 5.41) is 11.0. The van der Waals surface area contributed by atoms with Crippen molar-refractivity contribution in [2.75, 3.05) is 37.7 Å². The molecule has 31 heavy (non-hydrogen) atoms. The molecule has 1 aromatic carbocycles. The average Bonchev–Trinajstić information content (AvgIpc) is 3.51. The fraction of sp³-hybridized carbons (Fsp3) is 0.652. The van der Waals surface area contributed by atoms with E-state index in [0.717, 1.165) is 30.5 Å². The summed E-state index contributed by atoms with van der Waals surface area (Å²) >= 11 is 0. The van der Waals surface area contributed by atoms with Crippen LogP contribution in [-0.2, 0) is 14.3 Å². The quantitative estimate of drug-likeness (QED) is 0.405. The number of benzene rings is 1. The van der Waals surface area contributed by atoms with Gasteiger partial charge in [0, 0.05) is 44.0 Å². The van der Waals surface area contributed by atoms with Crippen molar-refractivity contribution in [3.05, 3.63) is 33.9 Å². The van der Waals surface area contributed by atoms with E-state index in [1.54, 1.807) is 19.1 Å². The van der Waals surface area contributed by atoms with Crippen LogP contribution < -0.4 is 4.90 Å². The van der Waals surface area contributed by atoms with Crippen molar-refractivity contribution in [2.45, 2.75) is 46.0 Å². The Balaban J connectivity index is 1.42. The molecule has 2 saturated carbocycles. The van der Waals surface area contributed by atoms with Crippen LogP contribution in [0, 0.1) is 34.3 Å². The molecule has 8 nitrogen and oxygen atoms in total. The van der Waals surface area contributed by atoms with Crippen LogP contribution in [0.3, 0.4) is 0 Å². The molecular weight excluding hydrogens is 398 g/mol. The highest BCUT2D eigenvalue weighted by atomic mass is 16.6. The fourth-order valence-corrected chi connectivity index (χ4v) is 5.31.